The van der Waals surface area contributed by atoms with Gasteiger partial charge in [-0.15, -0.1) is 11.3 Å². The number of halogens is 3. The van der Waals surface area contributed by atoms with Crippen LogP contribution < -0.4 is 5.32 Å². The van der Waals surface area contributed by atoms with Crippen LogP contribution in [0.2, 0.25) is 0 Å². The lowest BCUT2D eigenvalue weighted by Gasteiger charge is -2.18. The van der Waals surface area contributed by atoms with Gasteiger partial charge in [0.2, 0.25) is 0 Å². The summed E-state index contributed by atoms with van der Waals surface area (Å²) in [6.07, 6.45) is -1.23. The molecule has 3 aromatic rings. The van der Waals surface area contributed by atoms with Crippen molar-refractivity contribution < 1.29 is 18.7 Å². The molecule has 9 heteroatoms. The van der Waals surface area contributed by atoms with Gasteiger partial charge in [-0.2, -0.15) is 0 Å². The summed E-state index contributed by atoms with van der Waals surface area (Å²) >= 11 is 4.89. The predicted molar refractivity (Wildman–Crippen MR) is 94.1 cm³/mol. The van der Waals surface area contributed by atoms with Gasteiger partial charge in [0.25, 0.3) is 0 Å². The molecule has 1 aromatic carbocycles. The van der Waals surface area contributed by atoms with Gasteiger partial charge in [-0.05, 0) is 46.6 Å². The van der Waals surface area contributed by atoms with Crippen molar-refractivity contribution in [1.82, 2.24) is 15.3 Å². The molecular formula is C16H12BrF2N3O2S. The van der Waals surface area contributed by atoms with E-state index in [1.165, 1.54) is 23.5 Å². The number of aryl methyl sites for hydroxylation is 1. The number of hydrogen-bond acceptors (Lipinski definition) is 4. The smallest absolute Gasteiger partial charge is 0.404 e. The molecule has 130 valence electrons. The largest absolute Gasteiger partial charge is 0.465 e. The van der Waals surface area contributed by atoms with Crippen molar-refractivity contribution in [1.29, 1.82) is 0 Å². The van der Waals surface area contributed by atoms with Crippen molar-refractivity contribution in [2.24, 2.45) is 0 Å². The molecule has 5 nitrogen and oxygen atoms in total. The highest BCUT2D eigenvalue weighted by atomic mass is 79.9. The maximum atomic E-state index is 13.6. The summed E-state index contributed by atoms with van der Waals surface area (Å²) in [5.41, 5.74) is 1.25. The Morgan fingerprint density at radius 2 is 1.96 bits per heavy atom. The van der Waals surface area contributed by atoms with Crippen LogP contribution in [0.4, 0.5) is 13.6 Å². The van der Waals surface area contributed by atoms with Gasteiger partial charge in [0, 0.05) is 23.0 Å². The van der Waals surface area contributed by atoms with Crippen LogP contribution in [0.15, 0.2) is 28.7 Å². The monoisotopic (exact) mass is 427 g/mol. The number of aromatic nitrogens is 2. The van der Waals surface area contributed by atoms with Crippen LogP contribution >= 0.6 is 27.3 Å². The molecule has 0 bridgehead atoms. The van der Waals surface area contributed by atoms with Gasteiger partial charge in [-0.25, -0.2) is 23.5 Å². The van der Waals surface area contributed by atoms with Gasteiger partial charge in [-0.3, -0.25) is 0 Å². The number of amides is 1. The van der Waals surface area contributed by atoms with Crippen LogP contribution in [0.5, 0.6) is 0 Å². The molecule has 2 aromatic heterocycles. The molecule has 0 radical (unpaired) electrons. The summed E-state index contributed by atoms with van der Waals surface area (Å²) in [5, 5.41) is 12.0. The van der Waals surface area contributed by atoms with E-state index >= 15 is 0 Å². The van der Waals surface area contributed by atoms with E-state index in [-0.39, 0.29) is 12.1 Å². The average Bonchev–Trinajstić information content (AvgIpc) is 2.85. The van der Waals surface area contributed by atoms with Crippen LogP contribution in [-0.4, -0.2) is 27.7 Å². The Balaban J connectivity index is 2.13. The SMILES string of the molecule is Cc1nc2nc([C@@H](CNC(=O)O)c3cc(F)cc(F)c3)c(Br)cc2s1. The van der Waals surface area contributed by atoms with Crippen molar-refractivity contribution in [3.63, 3.8) is 0 Å². The van der Waals surface area contributed by atoms with Crippen LogP contribution in [0.3, 0.4) is 0 Å². The molecule has 25 heavy (non-hydrogen) atoms. The third kappa shape index (κ3) is 3.93. The standard InChI is InChI=1S/C16H12BrF2N3O2S/c1-7-21-15-13(25-7)5-12(17)14(22-15)11(6-20-16(23)24)8-2-9(18)4-10(19)3-8/h2-5,11,20H,6H2,1H3,(H,23,24)/t11-/m0/s1. The zero-order chi connectivity index (χ0) is 18.1. The number of nitrogens with one attached hydrogen (secondary N) is 1. The molecule has 0 spiro atoms. The number of nitrogens with zero attached hydrogens (tertiary/aromatic N) is 2. The number of carbonyl (C=O) groups is 1. The normalized spacial score (nSPS) is 12.3. The van der Waals surface area contributed by atoms with Crippen molar-refractivity contribution in [2.45, 2.75) is 12.8 Å². The molecule has 0 aliphatic rings. The number of pyridine rings is 1. The lowest BCUT2D eigenvalue weighted by atomic mass is 9.94. The number of thiazole rings is 1. The molecule has 2 heterocycles. The van der Waals surface area contributed by atoms with Gasteiger partial charge >= 0.3 is 6.09 Å². The minimum atomic E-state index is -1.23. The zero-order valence-corrected chi connectivity index (χ0v) is 15.3. The fourth-order valence-corrected chi connectivity index (χ4v) is 4.10. The van der Waals surface area contributed by atoms with Gasteiger partial charge in [-0.1, -0.05) is 0 Å². The van der Waals surface area contributed by atoms with E-state index in [1.54, 1.807) is 0 Å². The van der Waals surface area contributed by atoms with E-state index in [2.05, 4.69) is 31.2 Å². The van der Waals surface area contributed by atoms with E-state index in [4.69, 9.17) is 5.11 Å². The Hall–Kier alpha value is -2.13. The molecule has 0 unspecified atom stereocenters. The molecule has 0 saturated heterocycles. The lowest BCUT2D eigenvalue weighted by molar-refractivity contribution is 0.194. The summed E-state index contributed by atoms with van der Waals surface area (Å²) in [6.45, 7) is 1.77. The average molecular weight is 428 g/mol. The van der Waals surface area contributed by atoms with Crippen LogP contribution in [-0.2, 0) is 0 Å². The van der Waals surface area contributed by atoms with Gasteiger partial charge < -0.3 is 10.4 Å². The summed E-state index contributed by atoms with van der Waals surface area (Å²) in [7, 11) is 0. The highest BCUT2D eigenvalue weighted by Crippen LogP contribution is 2.33. The molecule has 0 aliphatic heterocycles. The maximum absolute atomic E-state index is 13.6. The van der Waals surface area contributed by atoms with E-state index < -0.39 is 23.6 Å². The first-order valence-electron chi connectivity index (χ1n) is 7.20. The predicted octanol–water partition coefficient (Wildman–Crippen LogP) is 4.44. The van der Waals surface area contributed by atoms with Crippen molar-refractivity contribution >= 4 is 43.7 Å². The summed E-state index contributed by atoms with van der Waals surface area (Å²) in [6, 6.07) is 4.93. The second-order valence-corrected chi connectivity index (χ2v) is 7.44. The fourth-order valence-electron chi connectivity index (χ4n) is 2.54. The number of benzene rings is 1. The highest BCUT2D eigenvalue weighted by Gasteiger charge is 2.22. The Labute approximate surface area is 153 Å². The minimum Gasteiger partial charge on any atom is -0.465 e. The number of fused-ring (bicyclic) bond motifs is 1. The maximum Gasteiger partial charge on any atom is 0.404 e. The molecule has 0 aliphatic carbocycles. The van der Waals surface area contributed by atoms with Crippen molar-refractivity contribution in [3.05, 3.63) is 56.6 Å². The van der Waals surface area contributed by atoms with E-state index in [9.17, 15) is 13.6 Å². The van der Waals surface area contributed by atoms with Crippen LogP contribution in [0.1, 0.15) is 22.2 Å². The first-order valence-corrected chi connectivity index (χ1v) is 8.81. The first kappa shape index (κ1) is 17.7. The molecule has 1 amide bonds. The van der Waals surface area contributed by atoms with Gasteiger partial charge in [0.1, 0.15) is 11.6 Å². The van der Waals surface area contributed by atoms with Gasteiger partial charge in [0.15, 0.2) is 5.65 Å². The number of carboxylic acid groups (broad SMARTS) is 1. The second-order valence-electron chi connectivity index (χ2n) is 5.35. The topological polar surface area (TPSA) is 75.1 Å². The quantitative estimate of drug-likeness (QED) is 0.645. The Bertz CT molecular complexity index is 944. The molecular weight excluding hydrogens is 416 g/mol. The summed E-state index contributed by atoms with van der Waals surface area (Å²) in [4.78, 5) is 19.7. The summed E-state index contributed by atoms with van der Waals surface area (Å²) in [5.74, 6) is -2.16. The van der Waals surface area contributed by atoms with Crippen molar-refractivity contribution in [3.8, 4) is 0 Å². The van der Waals surface area contributed by atoms with E-state index in [0.717, 1.165) is 15.8 Å². The van der Waals surface area contributed by atoms with Gasteiger partial charge in [0.05, 0.1) is 15.4 Å². The number of hydrogen-bond donors (Lipinski definition) is 2. The third-order valence-electron chi connectivity index (χ3n) is 3.54. The first-order chi connectivity index (χ1) is 11.8. The second kappa shape index (κ2) is 7.01. The van der Waals surface area contributed by atoms with Crippen LogP contribution in [0, 0.1) is 18.6 Å². The van der Waals surface area contributed by atoms with Crippen molar-refractivity contribution in [2.75, 3.05) is 6.54 Å². The Morgan fingerprint density at radius 3 is 2.60 bits per heavy atom. The molecule has 3 rings (SSSR count). The minimum absolute atomic E-state index is 0.0849. The summed E-state index contributed by atoms with van der Waals surface area (Å²) < 4.78 is 28.8. The molecule has 0 fully saturated rings. The van der Waals surface area contributed by atoms with E-state index in [1.807, 2.05) is 13.0 Å². The van der Waals surface area contributed by atoms with Crippen LogP contribution in [0.25, 0.3) is 10.3 Å². The molecule has 0 saturated carbocycles. The Kier molecular flexibility index (Phi) is 4.96. The zero-order valence-electron chi connectivity index (χ0n) is 12.9. The third-order valence-corrected chi connectivity index (χ3v) is 5.09. The number of rotatable bonds is 4. The Morgan fingerprint density at radius 1 is 1.28 bits per heavy atom. The molecule has 2 N–H and O–H groups in total. The fraction of sp³-hybridized carbons (Fsp3) is 0.188. The highest BCUT2D eigenvalue weighted by molar-refractivity contribution is 9.10. The van der Waals surface area contributed by atoms with E-state index in [0.29, 0.717) is 15.8 Å². The molecule has 1 atom stereocenters. The lowest BCUT2D eigenvalue weighted by Crippen LogP contribution is -2.28.